The van der Waals surface area contributed by atoms with E-state index in [-0.39, 0.29) is 27.7 Å². The van der Waals surface area contributed by atoms with Crippen LogP contribution in [-0.2, 0) is 0 Å². The van der Waals surface area contributed by atoms with E-state index in [2.05, 4.69) is 0 Å². The van der Waals surface area contributed by atoms with E-state index >= 15 is 0 Å². The van der Waals surface area contributed by atoms with Gasteiger partial charge in [-0.1, -0.05) is 17.7 Å². The van der Waals surface area contributed by atoms with Gasteiger partial charge in [-0.3, -0.25) is 24.3 Å². The van der Waals surface area contributed by atoms with Gasteiger partial charge in [-0.05, 0) is 12.1 Å². The fraction of sp³-hybridized carbons (Fsp3) is 0. The fourth-order valence-corrected chi connectivity index (χ4v) is 2.40. The van der Waals surface area contributed by atoms with Crippen LogP contribution >= 0.6 is 11.6 Å². The van der Waals surface area contributed by atoms with Crippen LogP contribution in [0.25, 0.3) is 5.69 Å². The molecule has 0 atom stereocenters. The fourth-order valence-electron chi connectivity index (χ4n) is 2.19. The first-order valence-electron chi connectivity index (χ1n) is 5.77. The first-order chi connectivity index (χ1) is 9.91. The van der Waals surface area contributed by atoms with E-state index in [0.29, 0.717) is 0 Å². The van der Waals surface area contributed by atoms with Crippen molar-refractivity contribution in [2.45, 2.75) is 0 Å². The van der Waals surface area contributed by atoms with Crippen molar-refractivity contribution in [2.24, 2.45) is 0 Å². The molecule has 1 aliphatic rings. The molecule has 1 aromatic heterocycles. The van der Waals surface area contributed by atoms with E-state index < -0.39 is 23.2 Å². The number of nitrogens with two attached hydrogens (primary N) is 1. The zero-order valence-corrected chi connectivity index (χ0v) is 11.1. The van der Waals surface area contributed by atoms with E-state index in [0.717, 1.165) is 16.7 Å². The molecule has 0 bridgehead atoms. The third kappa shape index (κ3) is 1.82. The molecule has 1 aromatic carbocycles. The highest BCUT2D eigenvalue weighted by Gasteiger charge is 2.32. The van der Waals surface area contributed by atoms with Crippen LogP contribution in [0.4, 0.5) is 10.2 Å². The van der Waals surface area contributed by atoms with Crippen molar-refractivity contribution < 1.29 is 14.0 Å². The average Bonchev–Trinajstić information content (AvgIpc) is 2.69. The van der Waals surface area contributed by atoms with Gasteiger partial charge < -0.3 is 5.73 Å². The minimum absolute atomic E-state index is 0.00545. The van der Waals surface area contributed by atoms with Crippen molar-refractivity contribution in [1.82, 2.24) is 9.88 Å². The highest BCUT2D eigenvalue weighted by Crippen LogP contribution is 2.27. The highest BCUT2D eigenvalue weighted by atomic mass is 35.5. The second kappa shape index (κ2) is 4.42. The zero-order chi connectivity index (χ0) is 15.3. The number of aromatic nitrogens is 1. The molecule has 0 aliphatic carbocycles. The number of pyridine rings is 1. The van der Waals surface area contributed by atoms with Crippen LogP contribution in [0, 0.1) is 5.82 Å². The lowest BCUT2D eigenvalue weighted by atomic mass is 10.1. The summed E-state index contributed by atoms with van der Waals surface area (Å²) in [5.41, 5.74) is 4.88. The summed E-state index contributed by atoms with van der Waals surface area (Å²) < 4.78 is 14.4. The Morgan fingerprint density at radius 3 is 2.62 bits per heavy atom. The van der Waals surface area contributed by atoms with Gasteiger partial charge in [-0.15, -0.1) is 0 Å². The Morgan fingerprint density at radius 2 is 1.90 bits per heavy atom. The number of nitrogens with zero attached hydrogens (tertiary/aromatic N) is 1. The number of hydrogen-bond donors (Lipinski definition) is 2. The van der Waals surface area contributed by atoms with Crippen molar-refractivity contribution in [3.8, 4) is 5.69 Å². The summed E-state index contributed by atoms with van der Waals surface area (Å²) in [5.74, 6) is -2.42. The molecule has 106 valence electrons. The Bertz CT molecular complexity index is 876. The molecule has 3 N–H and O–H groups in total. The highest BCUT2D eigenvalue weighted by molar-refractivity contribution is 6.32. The molecule has 1 aliphatic heterocycles. The van der Waals surface area contributed by atoms with Crippen molar-refractivity contribution in [3.63, 3.8) is 0 Å². The van der Waals surface area contributed by atoms with E-state index in [1.165, 1.54) is 12.1 Å². The zero-order valence-electron chi connectivity index (χ0n) is 10.3. The molecule has 6 nitrogen and oxygen atoms in total. The summed E-state index contributed by atoms with van der Waals surface area (Å²) in [5, 5.41) is 1.73. The molecule has 8 heteroatoms. The summed E-state index contributed by atoms with van der Waals surface area (Å²) in [4.78, 5) is 35.4. The molecule has 2 heterocycles. The largest absolute Gasteiger partial charge is 0.384 e. The van der Waals surface area contributed by atoms with Gasteiger partial charge in [-0.25, -0.2) is 4.39 Å². The van der Waals surface area contributed by atoms with Crippen LogP contribution in [0.1, 0.15) is 20.7 Å². The van der Waals surface area contributed by atoms with E-state index in [1.807, 2.05) is 5.32 Å². The third-order valence-electron chi connectivity index (χ3n) is 3.13. The van der Waals surface area contributed by atoms with Gasteiger partial charge >= 0.3 is 0 Å². The second-order valence-electron chi connectivity index (χ2n) is 4.35. The first kappa shape index (κ1) is 13.3. The third-order valence-corrected chi connectivity index (χ3v) is 3.50. The summed E-state index contributed by atoms with van der Waals surface area (Å²) in [6, 6.07) is 4.81. The van der Waals surface area contributed by atoms with Gasteiger partial charge in [0, 0.05) is 6.07 Å². The number of nitrogens with one attached hydrogen (secondary N) is 1. The molecule has 0 saturated carbocycles. The minimum Gasteiger partial charge on any atom is -0.384 e. The van der Waals surface area contributed by atoms with E-state index in [4.69, 9.17) is 17.3 Å². The van der Waals surface area contributed by atoms with Crippen LogP contribution in [-0.4, -0.2) is 16.4 Å². The lowest BCUT2D eigenvalue weighted by Crippen LogP contribution is -2.24. The SMILES string of the molecule is Nc1c2c(cc(=O)n1-c1cccc(F)c1Cl)C(=O)NC2=O. The number of imide groups is 1. The standard InChI is InChI=1S/C13H7ClFN3O3/c14-10-6(15)2-1-3-7(10)18-8(19)4-5-9(11(18)16)13(21)17-12(5)20/h1-4H,16H2,(H,17,20,21). The molecule has 0 fully saturated rings. The average molecular weight is 308 g/mol. The Morgan fingerprint density at radius 1 is 1.19 bits per heavy atom. The van der Waals surface area contributed by atoms with Crippen molar-refractivity contribution in [3.05, 3.63) is 56.6 Å². The molecule has 0 unspecified atom stereocenters. The van der Waals surface area contributed by atoms with E-state index in [9.17, 15) is 18.8 Å². The molecule has 2 aromatic rings. The number of hydrogen-bond acceptors (Lipinski definition) is 4. The predicted octanol–water partition coefficient (Wildman–Crippen LogP) is 1.10. The van der Waals surface area contributed by atoms with Gasteiger partial charge in [-0.2, -0.15) is 0 Å². The summed E-state index contributed by atoms with van der Waals surface area (Å²) in [6.07, 6.45) is 0. The van der Waals surface area contributed by atoms with Crippen molar-refractivity contribution in [1.29, 1.82) is 0 Å². The quantitative estimate of drug-likeness (QED) is 0.771. The number of rotatable bonds is 1. The maximum Gasteiger partial charge on any atom is 0.262 e. The lowest BCUT2D eigenvalue weighted by Gasteiger charge is -2.13. The van der Waals surface area contributed by atoms with Crippen LogP contribution in [0.15, 0.2) is 29.1 Å². The lowest BCUT2D eigenvalue weighted by molar-refractivity contribution is 0.0880. The van der Waals surface area contributed by atoms with Gasteiger partial charge in [0.15, 0.2) is 0 Å². The molecule has 0 radical (unpaired) electrons. The number of halogens is 2. The topological polar surface area (TPSA) is 94.2 Å². The number of fused-ring (bicyclic) bond motifs is 1. The van der Waals surface area contributed by atoms with Gasteiger partial charge in [0.05, 0.1) is 16.8 Å². The normalized spacial score (nSPS) is 13.2. The van der Waals surface area contributed by atoms with Gasteiger partial charge in [0.2, 0.25) is 0 Å². The van der Waals surface area contributed by atoms with E-state index in [1.54, 1.807) is 0 Å². The number of nitrogen functional groups attached to an aromatic ring is 1. The summed E-state index contributed by atoms with van der Waals surface area (Å²) in [7, 11) is 0. The first-order valence-corrected chi connectivity index (χ1v) is 6.15. The van der Waals surface area contributed by atoms with Crippen LogP contribution < -0.4 is 16.6 Å². The number of carbonyl (C=O) groups excluding carboxylic acids is 2. The summed E-state index contributed by atoms with van der Waals surface area (Å²) >= 11 is 5.83. The van der Waals surface area contributed by atoms with Crippen molar-refractivity contribution in [2.75, 3.05) is 5.73 Å². The Kier molecular flexibility index (Phi) is 2.80. The monoisotopic (exact) mass is 307 g/mol. The minimum atomic E-state index is -0.735. The molecule has 3 rings (SSSR count). The van der Waals surface area contributed by atoms with Gasteiger partial charge in [0.25, 0.3) is 17.4 Å². The predicted molar refractivity (Wildman–Crippen MR) is 73.2 cm³/mol. The molecule has 0 saturated heterocycles. The molecule has 2 amide bonds. The van der Waals surface area contributed by atoms with Gasteiger partial charge in [0.1, 0.15) is 16.7 Å². The number of carbonyl (C=O) groups is 2. The second-order valence-corrected chi connectivity index (χ2v) is 4.73. The summed E-state index contributed by atoms with van der Waals surface area (Å²) in [6.45, 7) is 0. The number of benzene rings is 1. The molecular weight excluding hydrogens is 301 g/mol. The maximum absolute atomic E-state index is 13.5. The molecule has 0 spiro atoms. The molecule has 21 heavy (non-hydrogen) atoms. The Balaban J connectivity index is 2.39. The number of anilines is 1. The Labute approximate surface area is 121 Å². The van der Waals surface area contributed by atoms with Crippen LogP contribution in [0.5, 0.6) is 0 Å². The van der Waals surface area contributed by atoms with Crippen molar-refractivity contribution >= 4 is 29.2 Å². The number of amides is 2. The molecular formula is C13H7ClFN3O3. The van der Waals surface area contributed by atoms with Crippen LogP contribution in [0.3, 0.4) is 0 Å². The van der Waals surface area contributed by atoms with Crippen LogP contribution in [0.2, 0.25) is 5.02 Å². The Hall–Kier alpha value is -2.67. The smallest absolute Gasteiger partial charge is 0.262 e. The maximum atomic E-state index is 13.5.